The molecule has 2 aromatic rings. The molecule has 2 aromatic heterocycles. The fourth-order valence-electron chi connectivity index (χ4n) is 1.67. The molecule has 0 aromatic carbocycles. The van der Waals surface area contributed by atoms with Gasteiger partial charge in [-0.15, -0.1) is 11.3 Å². The summed E-state index contributed by atoms with van der Waals surface area (Å²) >= 11 is 1.62. The van der Waals surface area contributed by atoms with E-state index in [9.17, 15) is 0 Å². The van der Waals surface area contributed by atoms with Crippen LogP contribution < -0.4 is 11.1 Å². The summed E-state index contributed by atoms with van der Waals surface area (Å²) in [6.07, 6.45) is 1.80. The first-order valence-corrected chi connectivity index (χ1v) is 7.17. The highest BCUT2D eigenvalue weighted by Gasteiger charge is 2.14. The lowest BCUT2D eigenvalue weighted by atomic mass is 10.2. The van der Waals surface area contributed by atoms with Gasteiger partial charge in [-0.25, -0.2) is 15.0 Å². The SMILES string of the molecule is Cc1c(N)nc(C(C)C)nc1NC(C)c1nccs1. The molecule has 5 nitrogen and oxygen atoms in total. The molecule has 2 rings (SSSR count). The number of aromatic nitrogens is 3. The minimum Gasteiger partial charge on any atom is -0.383 e. The Morgan fingerprint density at radius 1 is 1.26 bits per heavy atom. The molecular weight excluding hydrogens is 258 g/mol. The summed E-state index contributed by atoms with van der Waals surface area (Å²) in [6, 6.07) is 0.105. The van der Waals surface area contributed by atoms with Crippen molar-refractivity contribution in [3.05, 3.63) is 28.0 Å². The van der Waals surface area contributed by atoms with Crippen molar-refractivity contribution in [3.63, 3.8) is 0 Å². The fourth-order valence-corrected chi connectivity index (χ4v) is 2.31. The smallest absolute Gasteiger partial charge is 0.135 e. The molecule has 2 heterocycles. The molecule has 0 saturated heterocycles. The van der Waals surface area contributed by atoms with Crippen LogP contribution in [0.3, 0.4) is 0 Å². The van der Waals surface area contributed by atoms with E-state index in [1.807, 2.05) is 12.3 Å². The number of hydrogen-bond acceptors (Lipinski definition) is 6. The van der Waals surface area contributed by atoms with Crippen molar-refractivity contribution in [1.29, 1.82) is 0 Å². The van der Waals surface area contributed by atoms with Crippen molar-refractivity contribution in [1.82, 2.24) is 15.0 Å². The maximum absolute atomic E-state index is 5.95. The van der Waals surface area contributed by atoms with E-state index >= 15 is 0 Å². The molecule has 3 N–H and O–H groups in total. The zero-order chi connectivity index (χ0) is 14.0. The zero-order valence-electron chi connectivity index (χ0n) is 11.6. The number of nitrogens with two attached hydrogens (primary N) is 1. The van der Waals surface area contributed by atoms with Gasteiger partial charge < -0.3 is 11.1 Å². The molecule has 1 atom stereocenters. The predicted molar refractivity (Wildman–Crippen MR) is 79.4 cm³/mol. The average Bonchev–Trinajstić information content (AvgIpc) is 2.88. The average molecular weight is 277 g/mol. The van der Waals surface area contributed by atoms with Crippen molar-refractivity contribution >= 4 is 23.0 Å². The highest BCUT2D eigenvalue weighted by atomic mass is 32.1. The normalized spacial score (nSPS) is 12.7. The van der Waals surface area contributed by atoms with Crippen molar-refractivity contribution < 1.29 is 0 Å². The van der Waals surface area contributed by atoms with Gasteiger partial charge in [0.15, 0.2) is 0 Å². The number of nitrogen functional groups attached to an aromatic ring is 1. The summed E-state index contributed by atoms with van der Waals surface area (Å²) in [5, 5.41) is 6.36. The van der Waals surface area contributed by atoms with E-state index in [2.05, 4.69) is 41.0 Å². The lowest BCUT2D eigenvalue weighted by molar-refractivity contribution is 0.767. The number of rotatable bonds is 4. The number of nitrogens with one attached hydrogen (secondary N) is 1. The Labute approximate surface area is 117 Å². The van der Waals surface area contributed by atoms with Crippen LogP contribution in [0.2, 0.25) is 0 Å². The number of thiazole rings is 1. The highest BCUT2D eigenvalue weighted by Crippen LogP contribution is 2.25. The van der Waals surface area contributed by atoms with Crippen LogP contribution in [0, 0.1) is 6.92 Å². The summed E-state index contributed by atoms with van der Waals surface area (Å²) < 4.78 is 0. The molecule has 0 aliphatic carbocycles. The maximum atomic E-state index is 5.95. The molecular formula is C13H19N5S. The van der Waals surface area contributed by atoms with Crippen LogP contribution in [0.1, 0.15) is 49.1 Å². The minimum atomic E-state index is 0.105. The third-order valence-corrected chi connectivity index (χ3v) is 3.85. The lowest BCUT2D eigenvalue weighted by Crippen LogP contribution is -2.13. The number of hydrogen-bond donors (Lipinski definition) is 2. The monoisotopic (exact) mass is 277 g/mol. The highest BCUT2D eigenvalue weighted by molar-refractivity contribution is 7.09. The van der Waals surface area contributed by atoms with Crippen LogP contribution in [0.5, 0.6) is 0 Å². The summed E-state index contributed by atoms with van der Waals surface area (Å²) in [6.45, 7) is 8.10. The molecule has 0 amide bonds. The van der Waals surface area contributed by atoms with E-state index < -0.39 is 0 Å². The van der Waals surface area contributed by atoms with Gasteiger partial charge in [0.05, 0.1) is 6.04 Å². The molecule has 6 heteroatoms. The summed E-state index contributed by atoms with van der Waals surface area (Å²) in [5.41, 5.74) is 6.83. The second-order valence-electron chi connectivity index (χ2n) is 4.83. The molecule has 0 spiro atoms. The van der Waals surface area contributed by atoms with Crippen LogP contribution >= 0.6 is 11.3 Å². The van der Waals surface area contributed by atoms with Gasteiger partial charge in [-0.3, -0.25) is 0 Å². The molecule has 0 fully saturated rings. The Balaban J connectivity index is 2.29. The maximum Gasteiger partial charge on any atom is 0.135 e. The molecule has 19 heavy (non-hydrogen) atoms. The Morgan fingerprint density at radius 3 is 2.58 bits per heavy atom. The van der Waals surface area contributed by atoms with Gasteiger partial charge in [-0.05, 0) is 13.8 Å². The Kier molecular flexibility index (Phi) is 3.99. The third kappa shape index (κ3) is 3.01. The summed E-state index contributed by atoms with van der Waals surface area (Å²) in [7, 11) is 0. The van der Waals surface area contributed by atoms with E-state index in [0.717, 1.165) is 22.2 Å². The van der Waals surface area contributed by atoms with Crippen LogP contribution in [0.4, 0.5) is 11.6 Å². The van der Waals surface area contributed by atoms with Gasteiger partial charge in [-0.1, -0.05) is 13.8 Å². The van der Waals surface area contributed by atoms with Crippen LogP contribution in [-0.2, 0) is 0 Å². The Hall–Kier alpha value is -1.69. The van der Waals surface area contributed by atoms with Gasteiger partial charge in [-0.2, -0.15) is 0 Å². The van der Waals surface area contributed by atoms with Gasteiger partial charge in [0.2, 0.25) is 0 Å². The van der Waals surface area contributed by atoms with Crippen molar-refractivity contribution in [2.45, 2.75) is 39.7 Å². The van der Waals surface area contributed by atoms with Crippen molar-refractivity contribution in [2.24, 2.45) is 0 Å². The van der Waals surface area contributed by atoms with E-state index in [0.29, 0.717) is 5.82 Å². The van der Waals surface area contributed by atoms with Gasteiger partial charge >= 0.3 is 0 Å². The van der Waals surface area contributed by atoms with E-state index in [4.69, 9.17) is 5.73 Å². The molecule has 102 valence electrons. The van der Waals surface area contributed by atoms with Gasteiger partial charge in [0.1, 0.15) is 22.5 Å². The standard InChI is InChI=1S/C13H19N5S/c1-7(2)11-17-10(14)8(3)12(18-11)16-9(4)13-15-5-6-19-13/h5-7,9H,1-4H3,(H3,14,16,17,18). The largest absolute Gasteiger partial charge is 0.383 e. The van der Waals surface area contributed by atoms with E-state index in [-0.39, 0.29) is 12.0 Å². The quantitative estimate of drug-likeness (QED) is 0.898. The molecule has 0 bridgehead atoms. The first kappa shape index (κ1) is 13.7. The minimum absolute atomic E-state index is 0.105. The molecule has 0 aliphatic heterocycles. The Morgan fingerprint density at radius 2 is 2.00 bits per heavy atom. The second kappa shape index (κ2) is 5.52. The fraction of sp³-hybridized carbons (Fsp3) is 0.462. The number of nitrogens with zero attached hydrogens (tertiary/aromatic N) is 3. The van der Waals surface area contributed by atoms with E-state index in [1.165, 1.54) is 0 Å². The third-order valence-electron chi connectivity index (χ3n) is 2.89. The predicted octanol–water partition coefficient (Wildman–Crippen LogP) is 3.12. The van der Waals surface area contributed by atoms with Gasteiger partial charge in [0.25, 0.3) is 0 Å². The molecule has 0 saturated carbocycles. The topological polar surface area (TPSA) is 76.7 Å². The van der Waals surface area contributed by atoms with Gasteiger partial charge in [0, 0.05) is 23.1 Å². The Bertz CT molecular complexity index is 550. The number of anilines is 2. The first-order valence-electron chi connectivity index (χ1n) is 6.29. The lowest BCUT2D eigenvalue weighted by Gasteiger charge is -2.16. The summed E-state index contributed by atoms with van der Waals surface area (Å²) in [4.78, 5) is 13.2. The van der Waals surface area contributed by atoms with Crippen LogP contribution in [0.25, 0.3) is 0 Å². The first-order chi connectivity index (χ1) is 8.99. The zero-order valence-corrected chi connectivity index (χ0v) is 12.5. The van der Waals surface area contributed by atoms with E-state index in [1.54, 1.807) is 17.5 Å². The second-order valence-corrected chi connectivity index (χ2v) is 5.76. The molecule has 0 aliphatic rings. The molecule has 0 radical (unpaired) electrons. The van der Waals surface area contributed by atoms with Crippen LogP contribution in [-0.4, -0.2) is 15.0 Å². The van der Waals surface area contributed by atoms with Crippen molar-refractivity contribution in [2.75, 3.05) is 11.1 Å². The summed E-state index contributed by atoms with van der Waals surface area (Å²) in [5.74, 6) is 2.34. The molecule has 1 unspecified atom stereocenters. The van der Waals surface area contributed by atoms with Crippen LogP contribution in [0.15, 0.2) is 11.6 Å². The van der Waals surface area contributed by atoms with Crippen molar-refractivity contribution in [3.8, 4) is 0 Å².